The van der Waals surface area contributed by atoms with E-state index in [1.54, 1.807) is 0 Å². The molecule has 0 radical (unpaired) electrons. The Morgan fingerprint density at radius 1 is 0.941 bits per heavy atom. The summed E-state index contributed by atoms with van der Waals surface area (Å²) >= 11 is 6.04. The van der Waals surface area contributed by atoms with Gasteiger partial charge in [-0.3, -0.25) is 0 Å². The lowest BCUT2D eigenvalue weighted by atomic mass is 9.99. The number of rotatable bonds is 1. The molecule has 0 unspecified atom stereocenters. The average Bonchev–Trinajstić information content (AvgIpc) is 2.38. The normalized spacial score (nSPS) is 14.5. The molecule has 0 fully saturated rings. The summed E-state index contributed by atoms with van der Waals surface area (Å²) in [5, 5.41) is 0.807. The minimum Gasteiger partial charge on any atom is -0.367 e. The molecule has 2 aromatic rings. The maximum Gasteiger partial charge on any atom is 0.0432 e. The molecule has 0 aromatic heterocycles. The van der Waals surface area contributed by atoms with Crippen LogP contribution < -0.4 is 4.90 Å². The topological polar surface area (TPSA) is 3.24 Å². The van der Waals surface area contributed by atoms with Gasteiger partial charge in [-0.25, -0.2) is 0 Å². The Morgan fingerprint density at radius 2 is 1.76 bits per heavy atom. The number of anilines is 1. The van der Waals surface area contributed by atoms with Gasteiger partial charge in [-0.05, 0) is 35.7 Å². The van der Waals surface area contributed by atoms with Gasteiger partial charge in [0.15, 0.2) is 0 Å². The molecule has 2 heteroatoms. The second-order valence-corrected chi connectivity index (χ2v) is 4.86. The standard InChI is InChI=1S/C15H14ClN/c16-14-6-3-7-15(10-14)17-9-8-12-4-1-2-5-13(12)11-17/h1-7,10H,8-9,11H2. The van der Waals surface area contributed by atoms with E-state index in [1.807, 2.05) is 18.2 Å². The highest BCUT2D eigenvalue weighted by Crippen LogP contribution is 2.26. The molecule has 0 atom stereocenters. The van der Waals surface area contributed by atoms with E-state index < -0.39 is 0 Å². The van der Waals surface area contributed by atoms with Crippen LogP contribution in [0.2, 0.25) is 5.02 Å². The van der Waals surface area contributed by atoms with Gasteiger partial charge in [0.1, 0.15) is 0 Å². The molecule has 1 aliphatic rings. The second-order valence-electron chi connectivity index (χ2n) is 4.42. The van der Waals surface area contributed by atoms with E-state index in [9.17, 15) is 0 Å². The first kappa shape index (κ1) is 10.7. The lowest BCUT2D eigenvalue weighted by molar-refractivity contribution is 0.732. The van der Waals surface area contributed by atoms with E-state index in [0.717, 1.165) is 24.5 Å². The molecule has 0 N–H and O–H groups in total. The van der Waals surface area contributed by atoms with Crippen LogP contribution in [0.25, 0.3) is 0 Å². The monoisotopic (exact) mass is 243 g/mol. The highest BCUT2D eigenvalue weighted by Gasteiger charge is 2.15. The molecular weight excluding hydrogens is 230 g/mol. The number of benzene rings is 2. The van der Waals surface area contributed by atoms with Crippen LogP contribution in [0.5, 0.6) is 0 Å². The summed E-state index contributed by atoms with van der Waals surface area (Å²) < 4.78 is 0. The highest BCUT2D eigenvalue weighted by molar-refractivity contribution is 6.30. The van der Waals surface area contributed by atoms with E-state index in [2.05, 4.69) is 35.2 Å². The maximum atomic E-state index is 6.04. The lowest BCUT2D eigenvalue weighted by Gasteiger charge is -2.30. The molecule has 0 saturated carbocycles. The third kappa shape index (κ3) is 2.16. The van der Waals surface area contributed by atoms with Crippen LogP contribution >= 0.6 is 11.6 Å². The van der Waals surface area contributed by atoms with Gasteiger partial charge in [-0.15, -0.1) is 0 Å². The van der Waals surface area contributed by atoms with Gasteiger partial charge in [0, 0.05) is 23.8 Å². The number of fused-ring (bicyclic) bond motifs is 1. The molecule has 3 rings (SSSR count). The first-order valence-corrected chi connectivity index (χ1v) is 6.28. The minimum absolute atomic E-state index is 0.807. The van der Waals surface area contributed by atoms with Crippen molar-refractivity contribution in [1.82, 2.24) is 0 Å². The molecule has 0 spiro atoms. The molecule has 1 aliphatic heterocycles. The average molecular weight is 244 g/mol. The van der Waals surface area contributed by atoms with Crippen LogP contribution in [0, 0.1) is 0 Å². The van der Waals surface area contributed by atoms with Crippen molar-refractivity contribution in [3.8, 4) is 0 Å². The van der Waals surface area contributed by atoms with E-state index >= 15 is 0 Å². The molecular formula is C15H14ClN. The SMILES string of the molecule is Clc1cccc(N2CCc3ccccc3C2)c1. The number of nitrogens with zero attached hydrogens (tertiary/aromatic N) is 1. The van der Waals surface area contributed by atoms with Crippen molar-refractivity contribution < 1.29 is 0 Å². The van der Waals surface area contributed by atoms with Crippen molar-refractivity contribution in [2.24, 2.45) is 0 Å². The van der Waals surface area contributed by atoms with Crippen molar-refractivity contribution in [3.63, 3.8) is 0 Å². The predicted octanol–water partition coefficient (Wildman–Crippen LogP) is 3.90. The molecule has 2 aromatic carbocycles. The number of hydrogen-bond acceptors (Lipinski definition) is 1. The molecule has 0 saturated heterocycles. The first-order valence-electron chi connectivity index (χ1n) is 5.90. The number of halogens is 1. The van der Waals surface area contributed by atoms with Crippen LogP contribution in [0.15, 0.2) is 48.5 Å². The third-order valence-electron chi connectivity index (χ3n) is 3.30. The van der Waals surface area contributed by atoms with Crippen molar-refractivity contribution in [3.05, 3.63) is 64.7 Å². The van der Waals surface area contributed by atoms with E-state index in [4.69, 9.17) is 11.6 Å². The van der Waals surface area contributed by atoms with Crippen molar-refractivity contribution in [1.29, 1.82) is 0 Å². The van der Waals surface area contributed by atoms with Gasteiger partial charge in [0.2, 0.25) is 0 Å². The number of hydrogen-bond donors (Lipinski definition) is 0. The quantitative estimate of drug-likeness (QED) is 0.734. The smallest absolute Gasteiger partial charge is 0.0432 e. The second kappa shape index (κ2) is 4.42. The van der Waals surface area contributed by atoms with Crippen LogP contribution in [0.1, 0.15) is 11.1 Å². The van der Waals surface area contributed by atoms with Gasteiger partial charge in [0.25, 0.3) is 0 Å². The fraction of sp³-hybridized carbons (Fsp3) is 0.200. The molecule has 17 heavy (non-hydrogen) atoms. The predicted molar refractivity (Wildman–Crippen MR) is 72.6 cm³/mol. The molecule has 0 bridgehead atoms. The highest BCUT2D eigenvalue weighted by atomic mass is 35.5. The van der Waals surface area contributed by atoms with Crippen molar-refractivity contribution in [2.75, 3.05) is 11.4 Å². The van der Waals surface area contributed by atoms with Crippen LogP contribution in [-0.2, 0) is 13.0 Å². The summed E-state index contributed by atoms with van der Waals surface area (Å²) in [6, 6.07) is 16.8. The molecule has 0 aliphatic carbocycles. The van der Waals surface area contributed by atoms with Gasteiger partial charge in [-0.1, -0.05) is 41.9 Å². The Labute approximate surface area is 107 Å². The van der Waals surface area contributed by atoms with Crippen molar-refractivity contribution in [2.45, 2.75) is 13.0 Å². The van der Waals surface area contributed by atoms with E-state index in [1.165, 1.54) is 16.8 Å². The largest absolute Gasteiger partial charge is 0.367 e. The Hall–Kier alpha value is -1.47. The molecule has 86 valence electrons. The summed E-state index contributed by atoms with van der Waals surface area (Å²) in [5.74, 6) is 0. The summed E-state index contributed by atoms with van der Waals surface area (Å²) in [6.45, 7) is 2.05. The lowest BCUT2D eigenvalue weighted by Crippen LogP contribution is -2.30. The third-order valence-corrected chi connectivity index (χ3v) is 3.54. The summed E-state index contributed by atoms with van der Waals surface area (Å²) in [7, 11) is 0. The zero-order valence-corrected chi connectivity index (χ0v) is 10.3. The summed E-state index contributed by atoms with van der Waals surface area (Å²) in [5.41, 5.74) is 4.12. The van der Waals surface area contributed by atoms with E-state index in [-0.39, 0.29) is 0 Å². The van der Waals surface area contributed by atoms with Gasteiger partial charge < -0.3 is 4.90 Å². The van der Waals surface area contributed by atoms with Crippen LogP contribution in [-0.4, -0.2) is 6.54 Å². The Kier molecular flexibility index (Phi) is 2.77. The van der Waals surface area contributed by atoms with Gasteiger partial charge >= 0.3 is 0 Å². The van der Waals surface area contributed by atoms with E-state index in [0.29, 0.717) is 0 Å². The molecule has 0 amide bonds. The molecule has 1 nitrogen and oxygen atoms in total. The first-order chi connectivity index (χ1) is 8.33. The Morgan fingerprint density at radius 3 is 2.59 bits per heavy atom. The van der Waals surface area contributed by atoms with Crippen LogP contribution in [0.3, 0.4) is 0 Å². The summed E-state index contributed by atoms with van der Waals surface area (Å²) in [4.78, 5) is 2.38. The fourth-order valence-corrected chi connectivity index (χ4v) is 2.57. The van der Waals surface area contributed by atoms with Crippen LogP contribution in [0.4, 0.5) is 5.69 Å². The molecule has 1 heterocycles. The Bertz CT molecular complexity index is 536. The fourth-order valence-electron chi connectivity index (χ4n) is 2.39. The zero-order valence-electron chi connectivity index (χ0n) is 9.57. The minimum atomic E-state index is 0.807. The maximum absolute atomic E-state index is 6.04. The zero-order chi connectivity index (χ0) is 11.7. The summed E-state index contributed by atoms with van der Waals surface area (Å²) in [6.07, 6.45) is 1.11. The van der Waals surface area contributed by atoms with Crippen molar-refractivity contribution >= 4 is 17.3 Å². The Balaban J connectivity index is 1.89. The van der Waals surface area contributed by atoms with Gasteiger partial charge in [-0.2, -0.15) is 0 Å². The van der Waals surface area contributed by atoms with Gasteiger partial charge in [0.05, 0.1) is 0 Å².